The van der Waals surface area contributed by atoms with Gasteiger partial charge in [0.1, 0.15) is 5.75 Å². The molecule has 2 aromatic rings. The molecule has 1 atom stereocenters. The second kappa shape index (κ2) is 10.0. The summed E-state index contributed by atoms with van der Waals surface area (Å²) in [5.74, 6) is 0.598. The Bertz CT molecular complexity index is 877. The minimum atomic E-state index is -0.373. The summed E-state index contributed by atoms with van der Waals surface area (Å²) >= 11 is 0. The number of carbonyl (C=O) groups excluding carboxylic acids is 2. The lowest BCUT2D eigenvalue weighted by Crippen LogP contribution is -2.33. The van der Waals surface area contributed by atoms with Crippen molar-refractivity contribution in [2.75, 3.05) is 35.7 Å². The third-order valence-electron chi connectivity index (χ3n) is 5.28. The third kappa shape index (κ3) is 5.43. The molecule has 1 aliphatic rings. The van der Waals surface area contributed by atoms with Gasteiger partial charge in [0.15, 0.2) is 0 Å². The first-order chi connectivity index (χ1) is 14.5. The van der Waals surface area contributed by atoms with E-state index in [1.807, 2.05) is 26.0 Å². The number of urea groups is 1. The largest absolute Gasteiger partial charge is 0.497 e. The van der Waals surface area contributed by atoms with E-state index in [4.69, 9.17) is 4.74 Å². The van der Waals surface area contributed by atoms with Crippen molar-refractivity contribution in [1.82, 2.24) is 5.32 Å². The molecule has 7 heteroatoms. The first kappa shape index (κ1) is 21.5. The highest BCUT2D eigenvalue weighted by molar-refractivity contribution is 6.04. The molecule has 0 spiro atoms. The van der Waals surface area contributed by atoms with Crippen molar-refractivity contribution in [1.29, 1.82) is 0 Å². The van der Waals surface area contributed by atoms with Gasteiger partial charge in [0.05, 0.1) is 12.7 Å². The quantitative estimate of drug-likeness (QED) is 0.629. The lowest BCUT2D eigenvalue weighted by Gasteiger charge is -2.23. The van der Waals surface area contributed by atoms with Gasteiger partial charge in [0.2, 0.25) is 0 Å². The number of methoxy groups -OCH3 is 1. The average molecular weight is 411 g/mol. The van der Waals surface area contributed by atoms with Gasteiger partial charge < -0.3 is 25.6 Å². The van der Waals surface area contributed by atoms with Crippen LogP contribution >= 0.6 is 0 Å². The molecule has 1 heterocycles. The summed E-state index contributed by atoms with van der Waals surface area (Å²) in [6.45, 7) is 5.90. The molecular formula is C23H30N4O3. The first-order valence-electron chi connectivity index (χ1n) is 10.4. The summed E-state index contributed by atoms with van der Waals surface area (Å²) in [5.41, 5.74) is 2.71. The van der Waals surface area contributed by atoms with Gasteiger partial charge in [0.25, 0.3) is 5.91 Å². The number of ether oxygens (including phenoxy) is 1. The van der Waals surface area contributed by atoms with E-state index in [0.717, 1.165) is 43.8 Å². The Morgan fingerprint density at radius 1 is 1.03 bits per heavy atom. The van der Waals surface area contributed by atoms with Gasteiger partial charge in [-0.05, 0) is 68.7 Å². The van der Waals surface area contributed by atoms with E-state index >= 15 is 0 Å². The molecule has 0 bridgehead atoms. The monoisotopic (exact) mass is 410 g/mol. The van der Waals surface area contributed by atoms with Gasteiger partial charge >= 0.3 is 6.03 Å². The molecule has 1 aliphatic heterocycles. The highest BCUT2D eigenvalue weighted by Gasteiger charge is 2.21. The highest BCUT2D eigenvalue weighted by Crippen LogP contribution is 2.28. The van der Waals surface area contributed by atoms with Crippen LogP contribution in [0.3, 0.4) is 0 Å². The average Bonchev–Trinajstić information content (AvgIpc) is 3.28. The molecule has 1 fully saturated rings. The first-order valence-corrected chi connectivity index (χ1v) is 10.4. The van der Waals surface area contributed by atoms with Crippen molar-refractivity contribution in [2.45, 2.75) is 39.2 Å². The number of rotatable bonds is 7. The number of anilines is 3. The van der Waals surface area contributed by atoms with Crippen LogP contribution in [0.2, 0.25) is 0 Å². The van der Waals surface area contributed by atoms with E-state index in [0.29, 0.717) is 16.9 Å². The summed E-state index contributed by atoms with van der Waals surface area (Å²) < 4.78 is 5.12. The molecule has 0 saturated carbocycles. The highest BCUT2D eigenvalue weighted by atomic mass is 16.5. The van der Waals surface area contributed by atoms with Crippen LogP contribution in [-0.2, 0) is 0 Å². The molecule has 0 radical (unpaired) electrons. The summed E-state index contributed by atoms with van der Waals surface area (Å²) in [7, 11) is 1.59. The minimum Gasteiger partial charge on any atom is -0.497 e. The third-order valence-corrected chi connectivity index (χ3v) is 5.28. The lowest BCUT2D eigenvalue weighted by molar-refractivity contribution is 0.0939. The van der Waals surface area contributed by atoms with Crippen LogP contribution in [0.1, 0.15) is 43.5 Å². The Morgan fingerprint density at radius 3 is 2.30 bits per heavy atom. The van der Waals surface area contributed by atoms with Gasteiger partial charge in [0, 0.05) is 36.2 Å². The molecular weight excluding hydrogens is 380 g/mol. The maximum absolute atomic E-state index is 12.9. The summed E-state index contributed by atoms with van der Waals surface area (Å²) in [6.07, 6.45) is 3.10. The van der Waals surface area contributed by atoms with Crippen molar-refractivity contribution in [2.24, 2.45) is 0 Å². The van der Waals surface area contributed by atoms with Crippen molar-refractivity contribution in [3.8, 4) is 5.75 Å². The Balaban J connectivity index is 1.76. The standard InChI is InChI=1S/C23H30N4O3/c1-4-16(2)24-22(28)20-15-18(9-12-21(20)27-13-5-6-14-27)26-23(29)25-17-7-10-19(30-3)11-8-17/h7-12,15-16H,4-6,13-14H2,1-3H3,(H,24,28)(H2,25,26,29). The van der Waals surface area contributed by atoms with Crippen LogP contribution in [0.5, 0.6) is 5.75 Å². The van der Waals surface area contributed by atoms with E-state index in [-0.39, 0.29) is 18.0 Å². The molecule has 2 aromatic carbocycles. The van der Waals surface area contributed by atoms with Crippen LogP contribution in [-0.4, -0.2) is 38.2 Å². The van der Waals surface area contributed by atoms with Crippen molar-refractivity contribution >= 4 is 29.0 Å². The van der Waals surface area contributed by atoms with E-state index in [2.05, 4.69) is 20.9 Å². The predicted octanol–water partition coefficient (Wildman–Crippen LogP) is 4.47. The van der Waals surface area contributed by atoms with E-state index in [1.165, 1.54) is 0 Å². The number of hydrogen-bond donors (Lipinski definition) is 3. The van der Waals surface area contributed by atoms with Gasteiger partial charge in [-0.25, -0.2) is 4.79 Å². The molecule has 0 aliphatic carbocycles. The van der Waals surface area contributed by atoms with Gasteiger partial charge in [-0.3, -0.25) is 4.79 Å². The maximum Gasteiger partial charge on any atom is 0.323 e. The smallest absolute Gasteiger partial charge is 0.323 e. The van der Waals surface area contributed by atoms with Crippen LogP contribution in [0.25, 0.3) is 0 Å². The normalized spacial score (nSPS) is 14.2. The zero-order chi connectivity index (χ0) is 21.5. The molecule has 30 heavy (non-hydrogen) atoms. The van der Waals surface area contributed by atoms with E-state index in [9.17, 15) is 9.59 Å². The summed E-state index contributed by atoms with van der Waals surface area (Å²) in [5, 5.41) is 8.64. The second-order valence-corrected chi connectivity index (χ2v) is 7.52. The van der Waals surface area contributed by atoms with Crippen molar-refractivity contribution < 1.29 is 14.3 Å². The Kier molecular flexibility index (Phi) is 7.17. The number of hydrogen-bond acceptors (Lipinski definition) is 4. The number of carbonyl (C=O) groups is 2. The predicted molar refractivity (Wildman–Crippen MR) is 121 cm³/mol. The Morgan fingerprint density at radius 2 is 1.67 bits per heavy atom. The molecule has 1 unspecified atom stereocenters. The van der Waals surface area contributed by atoms with E-state index < -0.39 is 0 Å². The van der Waals surface area contributed by atoms with Crippen LogP contribution < -0.4 is 25.6 Å². The molecule has 3 rings (SSSR count). The van der Waals surface area contributed by atoms with Gasteiger partial charge in [-0.2, -0.15) is 0 Å². The SMILES string of the molecule is CCC(C)NC(=O)c1cc(NC(=O)Nc2ccc(OC)cc2)ccc1N1CCCC1. The number of nitrogens with one attached hydrogen (secondary N) is 3. The minimum absolute atomic E-state index is 0.0823. The van der Waals surface area contributed by atoms with Crippen molar-refractivity contribution in [3.63, 3.8) is 0 Å². The summed E-state index contributed by atoms with van der Waals surface area (Å²) in [6, 6.07) is 12.3. The number of amides is 3. The van der Waals surface area contributed by atoms with Crippen molar-refractivity contribution in [3.05, 3.63) is 48.0 Å². The molecule has 0 aromatic heterocycles. The topological polar surface area (TPSA) is 82.7 Å². The maximum atomic E-state index is 12.9. The zero-order valence-electron chi connectivity index (χ0n) is 17.8. The van der Waals surface area contributed by atoms with E-state index in [1.54, 1.807) is 37.4 Å². The molecule has 3 amide bonds. The fraction of sp³-hybridized carbons (Fsp3) is 0.391. The Labute approximate surface area is 177 Å². The second-order valence-electron chi connectivity index (χ2n) is 7.52. The zero-order valence-corrected chi connectivity index (χ0v) is 17.8. The van der Waals surface area contributed by atoms with Gasteiger partial charge in [-0.1, -0.05) is 6.92 Å². The van der Waals surface area contributed by atoms with Crippen LogP contribution in [0.4, 0.5) is 21.9 Å². The fourth-order valence-electron chi connectivity index (χ4n) is 3.40. The van der Waals surface area contributed by atoms with Crippen LogP contribution in [0.15, 0.2) is 42.5 Å². The van der Waals surface area contributed by atoms with Gasteiger partial charge in [-0.15, -0.1) is 0 Å². The molecule has 1 saturated heterocycles. The fourth-order valence-corrected chi connectivity index (χ4v) is 3.40. The number of nitrogens with zero attached hydrogens (tertiary/aromatic N) is 1. The summed E-state index contributed by atoms with van der Waals surface area (Å²) in [4.78, 5) is 27.6. The molecule has 160 valence electrons. The Hall–Kier alpha value is -3.22. The molecule has 3 N–H and O–H groups in total. The number of benzene rings is 2. The lowest BCUT2D eigenvalue weighted by atomic mass is 10.1. The van der Waals surface area contributed by atoms with Crippen LogP contribution in [0, 0.1) is 0 Å². The molecule has 7 nitrogen and oxygen atoms in total.